The summed E-state index contributed by atoms with van der Waals surface area (Å²) < 4.78 is 5.79. The van der Waals surface area contributed by atoms with E-state index < -0.39 is 0 Å². The van der Waals surface area contributed by atoms with E-state index in [-0.39, 0.29) is 4.93 Å². The van der Waals surface area contributed by atoms with Crippen molar-refractivity contribution in [3.8, 4) is 0 Å². The van der Waals surface area contributed by atoms with Crippen LogP contribution in [-0.4, -0.2) is 11.5 Å². The maximum Gasteiger partial charge on any atom is 0.108 e. The summed E-state index contributed by atoms with van der Waals surface area (Å²) >= 11 is 4.57. The summed E-state index contributed by atoms with van der Waals surface area (Å²) in [5.74, 6) is 1.80. The molecule has 0 radical (unpaired) electrons. The fraction of sp³-hybridized carbons (Fsp3) is 1.00. The van der Waals surface area contributed by atoms with E-state index in [0.717, 1.165) is 24.9 Å². The Morgan fingerprint density at radius 2 is 1.87 bits per heavy atom. The van der Waals surface area contributed by atoms with E-state index >= 15 is 0 Å². The van der Waals surface area contributed by atoms with E-state index in [0.29, 0.717) is 5.41 Å². The van der Waals surface area contributed by atoms with Gasteiger partial charge in [0.1, 0.15) is 4.93 Å². The predicted octanol–water partition coefficient (Wildman–Crippen LogP) is 3.89. The van der Waals surface area contributed by atoms with Crippen LogP contribution in [0, 0.1) is 17.3 Å². The minimum absolute atomic E-state index is 0.162. The molecule has 1 saturated carbocycles. The zero-order chi connectivity index (χ0) is 11.1. The van der Waals surface area contributed by atoms with Gasteiger partial charge in [0.15, 0.2) is 0 Å². The van der Waals surface area contributed by atoms with Gasteiger partial charge in [-0.1, -0.05) is 13.8 Å². The molecule has 0 aromatic rings. The Bertz CT molecular complexity index is 227. The number of hydrogen-bond acceptors (Lipinski definition) is 2. The molecule has 1 aliphatic carbocycles. The highest BCUT2D eigenvalue weighted by atomic mass is 32.1. The van der Waals surface area contributed by atoms with Crippen LogP contribution in [0.1, 0.15) is 52.9 Å². The van der Waals surface area contributed by atoms with Gasteiger partial charge in [-0.25, -0.2) is 0 Å². The Labute approximate surface area is 99.4 Å². The summed E-state index contributed by atoms with van der Waals surface area (Å²) in [5, 5.41) is 0. The molecule has 0 N–H and O–H groups in total. The SMILES string of the molecule is CC(C)C1CCC2(CC1)COC(C)(S)C2. The Morgan fingerprint density at radius 3 is 2.27 bits per heavy atom. The molecule has 0 amide bonds. The summed E-state index contributed by atoms with van der Waals surface area (Å²) in [5.41, 5.74) is 0.474. The monoisotopic (exact) mass is 228 g/mol. The van der Waals surface area contributed by atoms with Gasteiger partial charge >= 0.3 is 0 Å². The van der Waals surface area contributed by atoms with E-state index in [1.807, 2.05) is 0 Å². The van der Waals surface area contributed by atoms with Crippen LogP contribution in [0.2, 0.25) is 0 Å². The Morgan fingerprint density at radius 1 is 1.27 bits per heavy atom. The van der Waals surface area contributed by atoms with Gasteiger partial charge in [-0.3, -0.25) is 0 Å². The average molecular weight is 228 g/mol. The smallest absolute Gasteiger partial charge is 0.108 e. The lowest BCUT2D eigenvalue weighted by molar-refractivity contribution is 0.0664. The molecular formula is C13H24OS. The highest BCUT2D eigenvalue weighted by molar-refractivity contribution is 7.81. The minimum atomic E-state index is -0.162. The van der Waals surface area contributed by atoms with Crippen LogP contribution in [0.5, 0.6) is 0 Å². The topological polar surface area (TPSA) is 9.23 Å². The summed E-state index contributed by atoms with van der Waals surface area (Å²) in [6.45, 7) is 7.77. The van der Waals surface area contributed by atoms with Gasteiger partial charge in [0.05, 0.1) is 6.61 Å². The van der Waals surface area contributed by atoms with Crippen LogP contribution in [0.25, 0.3) is 0 Å². The van der Waals surface area contributed by atoms with E-state index in [4.69, 9.17) is 4.74 Å². The van der Waals surface area contributed by atoms with E-state index in [2.05, 4.69) is 33.4 Å². The van der Waals surface area contributed by atoms with Crippen molar-refractivity contribution < 1.29 is 4.74 Å². The van der Waals surface area contributed by atoms with Crippen molar-refractivity contribution in [2.75, 3.05) is 6.61 Å². The molecule has 2 rings (SSSR count). The normalized spacial score (nSPS) is 46.6. The quantitative estimate of drug-likeness (QED) is 0.670. The zero-order valence-electron chi connectivity index (χ0n) is 10.3. The number of ether oxygens (including phenoxy) is 1. The Balaban J connectivity index is 1.93. The molecular weight excluding hydrogens is 204 g/mol. The molecule has 1 spiro atoms. The largest absolute Gasteiger partial charge is 0.364 e. The van der Waals surface area contributed by atoms with E-state index in [1.54, 1.807) is 0 Å². The van der Waals surface area contributed by atoms with Crippen LogP contribution >= 0.6 is 12.6 Å². The molecule has 0 aromatic carbocycles. The van der Waals surface area contributed by atoms with E-state index in [1.165, 1.54) is 25.7 Å². The standard InChI is InChI=1S/C13H24OS/c1-10(2)11-4-6-13(7-5-11)8-12(3,15)14-9-13/h10-11,15H,4-9H2,1-3H3. The zero-order valence-corrected chi connectivity index (χ0v) is 11.1. The maximum atomic E-state index is 5.79. The van der Waals surface area contributed by atoms with Crippen molar-refractivity contribution in [2.45, 2.75) is 57.8 Å². The molecule has 0 aromatic heterocycles. The summed E-state index contributed by atoms with van der Waals surface area (Å²) in [6, 6.07) is 0. The molecule has 1 nitrogen and oxygen atoms in total. The molecule has 2 heteroatoms. The average Bonchev–Trinajstić information content (AvgIpc) is 2.43. The molecule has 1 saturated heterocycles. The summed E-state index contributed by atoms with van der Waals surface area (Å²) in [7, 11) is 0. The number of thiol groups is 1. The minimum Gasteiger partial charge on any atom is -0.364 e. The molecule has 1 unspecified atom stereocenters. The third kappa shape index (κ3) is 2.52. The molecule has 1 aliphatic heterocycles. The van der Waals surface area contributed by atoms with Crippen molar-refractivity contribution in [3.63, 3.8) is 0 Å². The Hall–Kier alpha value is 0.310. The van der Waals surface area contributed by atoms with Crippen molar-refractivity contribution >= 4 is 12.6 Å². The second kappa shape index (κ2) is 3.96. The van der Waals surface area contributed by atoms with Crippen LogP contribution in [0.15, 0.2) is 0 Å². The van der Waals surface area contributed by atoms with Crippen molar-refractivity contribution in [2.24, 2.45) is 17.3 Å². The fourth-order valence-corrected chi connectivity index (χ4v) is 3.75. The third-order valence-corrected chi connectivity index (χ3v) is 4.71. The van der Waals surface area contributed by atoms with Crippen molar-refractivity contribution in [1.29, 1.82) is 0 Å². The van der Waals surface area contributed by atoms with E-state index in [9.17, 15) is 0 Å². The van der Waals surface area contributed by atoms with Gasteiger partial charge in [0.2, 0.25) is 0 Å². The van der Waals surface area contributed by atoms with Gasteiger partial charge < -0.3 is 4.74 Å². The summed E-state index contributed by atoms with van der Waals surface area (Å²) in [6.07, 6.45) is 6.64. The second-order valence-corrected chi connectivity index (χ2v) is 7.17. The molecule has 15 heavy (non-hydrogen) atoms. The maximum absolute atomic E-state index is 5.79. The first-order valence-corrected chi connectivity index (χ1v) is 6.74. The van der Waals surface area contributed by atoms with Gasteiger partial charge in [0, 0.05) is 0 Å². The third-order valence-electron chi connectivity index (χ3n) is 4.43. The van der Waals surface area contributed by atoms with Crippen LogP contribution in [-0.2, 0) is 4.74 Å². The molecule has 1 heterocycles. The fourth-order valence-electron chi connectivity index (χ4n) is 3.35. The van der Waals surface area contributed by atoms with Crippen LogP contribution in [0.4, 0.5) is 0 Å². The molecule has 1 atom stereocenters. The number of rotatable bonds is 1. The van der Waals surface area contributed by atoms with Crippen LogP contribution in [0.3, 0.4) is 0 Å². The first-order chi connectivity index (χ1) is 6.93. The number of hydrogen-bond donors (Lipinski definition) is 1. The lowest BCUT2D eigenvalue weighted by Gasteiger charge is -2.38. The molecule has 0 bridgehead atoms. The highest BCUT2D eigenvalue weighted by Gasteiger charge is 2.46. The molecule has 2 aliphatic rings. The Kier molecular flexibility index (Phi) is 3.11. The predicted molar refractivity (Wildman–Crippen MR) is 67.2 cm³/mol. The van der Waals surface area contributed by atoms with Crippen molar-refractivity contribution in [3.05, 3.63) is 0 Å². The lowest BCUT2D eigenvalue weighted by Crippen LogP contribution is -2.30. The highest BCUT2D eigenvalue weighted by Crippen LogP contribution is 2.51. The van der Waals surface area contributed by atoms with Gasteiger partial charge in [-0.2, -0.15) is 0 Å². The molecule has 88 valence electrons. The summed E-state index contributed by atoms with van der Waals surface area (Å²) in [4.78, 5) is -0.162. The van der Waals surface area contributed by atoms with Crippen LogP contribution < -0.4 is 0 Å². The second-order valence-electron chi connectivity index (χ2n) is 6.22. The molecule has 2 fully saturated rings. The lowest BCUT2D eigenvalue weighted by atomic mass is 9.67. The van der Waals surface area contributed by atoms with Gasteiger partial charge in [-0.15, -0.1) is 12.6 Å². The van der Waals surface area contributed by atoms with Crippen molar-refractivity contribution in [1.82, 2.24) is 0 Å². The first kappa shape index (κ1) is 11.8. The van der Waals surface area contributed by atoms with Gasteiger partial charge in [-0.05, 0) is 56.3 Å². The first-order valence-electron chi connectivity index (χ1n) is 6.29. The van der Waals surface area contributed by atoms with Gasteiger partial charge in [0.25, 0.3) is 0 Å².